The first kappa shape index (κ1) is 18.8. The summed E-state index contributed by atoms with van der Waals surface area (Å²) in [5, 5.41) is 12.0. The third kappa shape index (κ3) is 4.40. The normalized spacial score (nSPS) is 11.4. The second-order valence-electron chi connectivity index (χ2n) is 5.32. The molecule has 0 saturated heterocycles. The van der Waals surface area contributed by atoms with Crippen LogP contribution in [0.5, 0.6) is 5.75 Å². The summed E-state index contributed by atoms with van der Waals surface area (Å²) in [6, 6.07) is 9.25. The van der Waals surface area contributed by atoms with Gasteiger partial charge in [-0.25, -0.2) is 4.79 Å². The molecule has 0 fully saturated rings. The van der Waals surface area contributed by atoms with E-state index in [2.05, 4.69) is 26.0 Å². The summed E-state index contributed by atoms with van der Waals surface area (Å²) >= 11 is 2.95. The number of anilines is 1. The second kappa shape index (κ2) is 6.95. The molecule has 10 heteroatoms. The van der Waals surface area contributed by atoms with E-state index in [0.29, 0.717) is 5.39 Å². The molecule has 0 bridgehead atoms. The van der Waals surface area contributed by atoms with Crippen molar-refractivity contribution in [1.29, 1.82) is 0 Å². The predicted molar refractivity (Wildman–Crippen MR) is 92.0 cm³/mol. The number of benzene rings is 2. The molecule has 0 radical (unpaired) electrons. The summed E-state index contributed by atoms with van der Waals surface area (Å²) in [4.78, 5) is 23.2. The van der Waals surface area contributed by atoms with E-state index in [1.165, 1.54) is 36.4 Å². The van der Waals surface area contributed by atoms with Gasteiger partial charge < -0.3 is 19.6 Å². The van der Waals surface area contributed by atoms with Crippen molar-refractivity contribution in [2.75, 3.05) is 5.32 Å². The Morgan fingerprint density at radius 2 is 1.85 bits per heavy atom. The third-order valence-electron chi connectivity index (χ3n) is 3.41. The largest absolute Gasteiger partial charge is 0.573 e. The lowest BCUT2D eigenvalue weighted by Crippen LogP contribution is -2.17. The van der Waals surface area contributed by atoms with Gasteiger partial charge in [0.2, 0.25) is 5.76 Å². The number of aromatic carboxylic acids is 1. The van der Waals surface area contributed by atoms with Crippen LogP contribution in [-0.4, -0.2) is 23.3 Å². The molecule has 0 spiro atoms. The smallest absolute Gasteiger partial charge is 0.475 e. The van der Waals surface area contributed by atoms with Crippen LogP contribution in [0.15, 0.2) is 51.4 Å². The summed E-state index contributed by atoms with van der Waals surface area (Å²) in [6.07, 6.45) is -4.83. The van der Waals surface area contributed by atoms with Crippen molar-refractivity contribution >= 4 is 44.5 Å². The molecule has 0 saturated carbocycles. The Bertz CT molecular complexity index is 1040. The van der Waals surface area contributed by atoms with Crippen LogP contribution in [0.3, 0.4) is 0 Å². The molecule has 1 amide bonds. The fraction of sp³-hybridized carbons (Fsp3) is 0.0588. The minimum Gasteiger partial charge on any atom is -0.475 e. The van der Waals surface area contributed by atoms with Gasteiger partial charge in [-0.2, -0.15) is 0 Å². The van der Waals surface area contributed by atoms with Crippen molar-refractivity contribution in [2.24, 2.45) is 0 Å². The number of carboxylic acid groups (broad SMARTS) is 1. The van der Waals surface area contributed by atoms with Gasteiger partial charge in [0.1, 0.15) is 11.3 Å². The van der Waals surface area contributed by atoms with Crippen molar-refractivity contribution in [1.82, 2.24) is 0 Å². The predicted octanol–water partition coefficient (Wildman–Crippen LogP) is 5.04. The average molecular weight is 444 g/mol. The molecule has 2 aromatic carbocycles. The van der Waals surface area contributed by atoms with E-state index in [4.69, 9.17) is 9.52 Å². The van der Waals surface area contributed by atoms with Crippen LogP contribution in [0.1, 0.15) is 20.9 Å². The number of hydrogen-bond donors (Lipinski definition) is 2. The van der Waals surface area contributed by atoms with Gasteiger partial charge in [0.25, 0.3) is 5.91 Å². The van der Waals surface area contributed by atoms with E-state index in [9.17, 15) is 22.8 Å². The average Bonchev–Trinajstić information content (AvgIpc) is 2.99. The summed E-state index contributed by atoms with van der Waals surface area (Å²) in [7, 11) is 0. The number of rotatable bonds is 4. The number of carboxylic acids is 1. The molecule has 140 valence electrons. The third-order valence-corrected chi connectivity index (χ3v) is 4.03. The minimum atomic E-state index is -4.83. The van der Waals surface area contributed by atoms with Gasteiger partial charge in [-0.15, -0.1) is 13.2 Å². The highest BCUT2D eigenvalue weighted by atomic mass is 79.9. The minimum absolute atomic E-state index is 0.00483. The van der Waals surface area contributed by atoms with Gasteiger partial charge in [-0.3, -0.25) is 4.79 Å². The zero-order valence-corrected chi connectivity index (χ0v) is 14.7. The number of amides is 1. The Balaban J connectivity index is 1.79. The maximum Gasteiger partial charge on any atom is 0.573 e. The highest BCUT2D eigenvalue weighted by molar-refractivity contribution is 9.10. The Hall–Kier alpha value is -3.01. The molecule has 0 aliphatic carbocycles. The molecular weight excluding hydrogens is 435 g/mol. The van der Waals surface area contributed by atoms with Crippen LogP contribution in [0, 0.1) is 0 Å². The van der Waals surface area contributed by atoms with Gasteiger partial charge >= 0.3 is 12.3 Å². The van der Waals surface area contributed by atoms with E-state index in [1.54, 1.807) is 0 Å². The van der Waals surface area contributed by atoms with Crippen LogP contribution in [-0.2, 0) is 0 Å². The van der Waals surface area contributed by atoms with Crippen molar-refractivity contribution in [3.8, 4) is 5.75 Å². The molecule has 0 aliphatic heterocycles. The molecule has 0 unspecified atom stereocenters. The van der Waals surface area contributed by atoms with Gasteiger partial charge in [-0.05, 0) is 52.3 Å². The fourth-order valence-corrected chi connectivity index (χ4v) is 2.73. The van der Waals surface area contributed by atoms with E-state index in [1.807, 2.05) is 0 Å². The quantitative estimate of drug-likeness (QED) is 0.589. The molecule has 0 aliphatic rings. The van der Waals surface area contributed by atoms with Crippen molar-refractivity contribution in [3.63, 3.8) is 0 Å². The van der Waals surface area contributed by atoms with E-state index >= 15 is 0 Å². The molecule has 0 atom stereocenters. The second-order valence-corrected chi connectivity index (χ2v) is 6.17. The van der Waals surface area contributed by atoms with Crippen LogP contribution in [0.4, 0.5) is 18.9 Å². The highest BCUT2D eigenvalue weighted by Crippen LogP contribution is 2.32. The Kier molecular flexibility index (Phi) is 4.83. The fourth-order valence-electron chi connectivity index (χ4n) is 2.27. The zero-order valence-electron chi connectivity index (χ0n) is 13.1. The molecule has 6 nitrogen and oxygen atoms in total. The van der Waals surface area contributed by atoms with Crippen LogP contribution in [0.2, 0.25) is 0 Å². The van der Waals surface area contributed by atoms with Crippen molar-refractivity contribution in [2.45, 2.75) is 6.36 Å². The number of nitrogens with one attached hydrogen (secondary N) is 1. The number of carbonyl (C=O) groups excluding carboxylic acids is 1. The summed E-state index contributed by atoms with van der Waals surface area (Å²) in [5.41, 5.74) is 0.628. The van der Waals surface area contributed by atoms with Gasteiger partial charge in [0.15, 0.2) is 0 Å². The number of furan rings is 1. The number of alkyl halides is 3. The molecule has 1 aromatic heterocycles. The molecule has 3 aromatic rings. The number of fused-ring (bicyclic) bond motifs is 1. The van der Waals surface area contributed by atoms with E-state index in [-0.39, 0.29) is 27.1 Å². The van der Waals surface area contributed by atoms with Crippen LogP contribution < -0.4 is 10.1 Å². The first-order valence-corrected chi connectivity index (χ1v) is 8.05. The maximum absolute atomic E-state index is 12.3. The van der Waals surface area contributed by atoms with Gasteiger partial charge in [0.05, 0.1) is 4.47 Å². The number of halogens is 4. The number of carbonyl (C=O) groups is 2. The molecule has 3 rings (SSSR count). The van der Waals surface area contributed by atoms with Crippen LogP contribution in [0.25, 0.3) is 11.0 Å². The van der Waals surface area contributed by atoms with Gasteiger partial charge in [-0.1, -0.05) is 6.07 Å². The summed E-state index contributed by atoms with van der Waals surface area (Å²) < 4.78 is 45.8. The SMILES string of the molecule is O=C(Nc1ccc(OC(F)(F)F)c(Br)c1)c1ccc2cc(C(=O)O)oc2c1. The Morgan fingerprint density at radius 1 is 1.11 bits per heavy atom. The van der Waals surface area contributed by atoms with Crippen LogP contribution >= 0.6 is 15.9 Å². The van der Waals surface area contributed by atoms with Crippen molar-refractivity contribution < 1.29 is 37.0 Å². The number of ether oxygens (including phenoxy) is 1. The summed E-state index contributed by atoms with van der Waals surface area (Å²) in [6.45, 7) is 0. The first-order chi connectivity index (χ1) is 12.6. The number of hydrogen-bond acceptors (Lipinski definition) is 4. The molecule has 2 N–H and O–H groups in total. The lowest BCUT2D eigenvalue weighted by molar-refractivity contribution is -0.274. The van der Waals surface area contributed by atoms with Crippen molar-refractivity contribution in [3.05, 3.63) is 58.3 Å². The standard InChI is InChI=1S/C17H9BrF3NO5/c18-11-7-10(3-4-12(11)27-17(19,20)21)22-15(23)9-2-1-8-5-14(16(24)25)26-13(8)6-9/h1-7H,(H,22,23)(H,24,25). The maximum atomic E-state index is 12.3. The Morgan fingerprint density at radius 3 is 2.48 bits per heavy atom. The lowest BCUT2D eigenvalue weighted by Gasteiger charge is -2.12. The summed E-state index contributed by atoms with van der Waals surface area (Å²) in [5.74, 6) is -2.49. The monoisotopic (exact) mass is 443 g/mol. The Labute approximate surface area is 157 Å². The molecule has 27 heavy (non-hydrogen) atoms. The molecular formula is C17H9BrF3NO5. The topological polar surface area (TPSA) is 88.8 Å². The highest BCUT2D eigenvalue weighted by Gasteiger charge is 2.32. The van der Waals surface area contributed by atoms with E-state index in [0.717, 1.165) is 6.07 Å². The van der Waals surface area contributed by atoms with Gasteiger partial charge in [0, 0.05) is 16.6 Å². The first-order valence-electron chi connectivity index (χ1n) is 7.26. The van der Waals surface area contributed by atoms with E-state index < -0.39 is 24.0 Å². The zero-order chi connectivity index (χ0) is 19.8. The lowest BCUT2D eigenvalue weighted by atomic mass is 10.1. The molecule has 1 heterocycles.